The zero-order valence-corrected chi connectivity index (χ0v) is 9.00. The highest BCUT2D eigenvalue weighted by Crippen LogP contribution is 2.16. The van der Waals surface area contributed by atoms with Gasteiger partial charge < -0.3 is 14.8 Å². The Morgan fingerprint density at radius 2 is 2.00 bits per heavy atom. The van der Waals surface area contributed by atoms with Crippen molar-refractivity contribution >= 4 is 0 Å². The highest BCUT2D eigenvalue weighted by atomic mass is 16.5. The number of nitrogens with one attached hydrogen (secondary N) is 1. The van der Waals surface area contributed by atoms with Gasteiger partial charge in [-0.2, -0.15) is 0 Å². The van der Waals surface area contributed by atoms with Gasteiger partial charge in [-0.3, -0.25) is 0 Å². The molecule has 0 aromatic rings. The van der Waals surface area contributed by atoms with Crippen molar-refractivity contribution < 1.29 is 9.47 Å². The minimum absolute atomic E-state index is 0.388. The van der Waals surface area contributed by atoms with Crippen LogP contribution in [0.15, 0.2) is 0 Å². The Morgan fingerprint density at radius 1 is 1.07 bits per heavy atom. The third kappa shape index (κ3) is 2.69. The van der Waals surface area contributed by atoms with Gasteiger partial charge in [0.1, 0.15) is 0 Å². The molecule has 2 aliphatic heterocycles. The van der Waals surface area contributed by atoms with Gasteiger partial charge in [0.05, 0.1) is 6.10 Å². The summed E-state index contributed by atoms with van der Waals surface area (Å²) >= 11 is 0. The average Bonchev–Trinajstić information content (AvgIpc) is 2.44. The van der Waals surface area contributed by atoms with Crippen molar-refractivity contribution in [2.45, 2.75) is 50.8 Å². The van der Waals surface area contributed by atoms with Crippen LogP contribution in [0.1, 0.15) is 32.6 Å². The van der Waals surface area contributed by atoms with Gasteiger partial charge in [0.15, 0.2) is 0 Å². The molecule has 0 aromatic heterocycles. The molecule has 2 saturated heterocycles. The van der Waals surface area contributed by atoms with E-state index in [9.17, 15) is 0 Å². The molecule has 0 spiro atoms. The standard InChI is InChI=1S/C11H21NO2/c1-9-11(5-8-14-9)12-10-3-2-6-13-7-4-10/h9-12H,2-8H2,1H3. The Labute approximate surface area is 86.2 Å². The molecule has 0 saturated carbocycles. The van der Waals surface area contributed by atoms with Crippen LogP contribution < -0.4 is 5.32 Å². The summed E-state index contributed by atoms with van der Waals surface area (Å²) in [6.07, 6.45) is 5.16. The van der Waals surface area contributed by atoms with E-state index in [1.54, 1.807) is 0 Å². The van der Waals surface area contributed by atoms with E-state index < -0.39 is 0 Å². The Hall–Kier alpha value is -0.120. The molecular weight excluding hydrogens is 178 g/mol. The van der Waals surface area contributed by atoms with Crippen LogP contribution in [0.4, 0.5) is 0 Å². The van der Waals surface area contributed by atoms with Crippen molar-refractivity contribution in [3.8, 4) is 0 Å². The Balaban J connectivity index is 1.77. The fourth-order valence-electron chi connectivity index (χ4n) is 2.32. The maximum atomic E-state index is 5.54. The largest absolute Gasteiger partial charge is 0.381 e. The molecule has 0 amide bonds. The molecule has 82 valence electrons. The van der Waals surface area contributed by atoms with E-state index in [-0.39, 0.29) is 0 Å². The maximum Gasteiger partial charge on any atom is 0.0700 e. The summed E-state index contributed by atoms with van der Waals surface area (Å²) in [7, 11) is 0. The minimum atomic E-state index is 0.388. The van der Waals surface area contributed by atoms with E-state index in [4.69, 9.17) is 9.47 Å². The van der Waals surface area contributed by atoms with Gasteiger partial charge in [0.2, 0.25) is 0 Å². The van der Waals surface area contributed by atoms with Crippen molar-refractivity contribution in [1.82, 2.24) is 5.32 Å². The van der Waals surface area contributed by atoms with E-state index in [0.717, 1.165) is 26.2 Å². The molecule has 1 N–H and O–H groups in total. The lowest BCUT2D eigenvalue weighted by Crippen LogP contribution is -2.42. The molecule has 2 fully saturated rings. The SMILES string of the molecule is CC1OCCC1NC1CCCOCC1. The third-order valence-electron chi connectivity index (χ3n) is 3.28. The van der Waals surface area contributed by atoms with Crippen LogP contribution in [-0.4, -0.2) is 38.0 Å². The van der Waals surface area contributed by atoms with Crippen LogP contribution in [0.25, 0.3) is 0 Å². The molecule has 2 aliphatic rings. The number of hydrogen-bond donors (Lipinski definition) is 1. The van der Waals surface area contributed by atoms with E-state index in [1.165, 1.54) is 19.3 Å². The molecule has 2 heterocycles. The second kappa shape index (κ2) is 5.10. The molecule has 0 aromatic carbocycles. The molecule has 0 radical (unpaired) electrons. The molecule has 2 rings (SSSR count). The van der Waals surface area contributed by atoms with Gasteiger partial charge in [-0.25, -0.2) is 0 Å². The first-order chi connectivity index (χ1) is 6.86. The predicted octanol–water partition coefficient (Wildman–Crippen LogP) is 1.32. The summed E-state index contributed by atoms with van der Waals surface area (Å²) in [6.45, 7) is 4.94. The van der Waals surface area contributed by atoms with Crippen molar-refractivity contribution in [2.75, 3.05) is 19.8 Å². The predicted molar refractivity (Wildman–Crippen MR) is 55.4 cm³/mol. The zero-order valence-electron chi connectivity index (χ0n) is 9.00. The lowest BCUT2D eigenvalue weighted by atomic mass is 10.1. The van der Waals surface area contributed by atoms with Crippen molar-refractivity contribution in [1.29, 1.82) is 0 Å². The first-order valence-electron chi connectivity index (χ1n) is 5.81. The van der Waals surface area contributed by atoms with Gasteiger partial charge in [-0.05, 0) is 32.6 Å². The lowest BCUT2D eigenvalue weighted by molar-refractivity contribution is 0.109. The smallest absolute Gasteiger partial charge is 0.0700 e. The van der Waals surface area contributed by atoms with E-state index in [2.05, 4.69) is 12.2 Å². The van der Waals surface area contributed by atoms with E-state index in [0.29, 0.717) is 18.2 Å². The molecule has 0 bridgehead atoms. The highest BCUT2D eigenvalue weighted by molar-refractivity contribution is 4.83. The normalized spacial score (nSPS) is 39.6. The monoisotopic (exact) mass is 199 g/mol. The molecule has 14 heavy (non-hydrogen) atoms. The fraction of sp³-hybridized carbons (Fsp3) is 1.00. The van der Waals surface area contributed by atoms with Gasteiger partial charge >= 0.3 is 0 Å². The number of hydrogen-bond acceptors (Lipinski definition) is 3. The topological polar surface area (TPSA) is 30.5 Å². The average molecular weight is 199 g/mol. The van der Waals surface area contributed by atoms with Crippen LogP contribution in [0.2, 0.25) is 0 Å². The van der Waals surface area contributed by atoms with E-state index >= 15 is 0 Å². The molecule has 0 aliphatic carbocycles. The zero-order chi connectivity index (χ0) is 9.80. The van der Waals surface area contributed by atoms with Gasteiger partial charge in [0, 0.05) is 31.9 Å². The summed E-state index contributed by atoms with van der Waals surface area (Å²) in [5.41, 5.74) is 0. The van der Waals surface area contributed by atoms with Gasteiger partial charge in [-0.1, -0.05) is 0 Å². The van der Waals surface area contributed by atoms with Crippen LogP contribution in [0, 0.1) is 0 Å². The Kier molecular flexibility index (Phi) is 3.79. The molecule has 3 unspecified atom stereocenters. The van der Waals surface area contributed by atoms with Crippen LogP contribution >= 0.6 is 0 Å². The van der Waals surface area contributed by atoms with Crippen LogP contribution in [-0.2, 0) is 9.47 Å². The Bertz CT molecular complexity index is 167. The highest BCUT2D eigenvalue weighted by Gasteiger charge is 2.26. The summed E-state index contributed by atoms with van der Waals surface area (Å²) in [5.74, 6) is 0. The molecule has 3 nitrogen and oxygen atoms in total. The van der Waals surface area contributed by atoms with Crippen LogP contribution in [0.5, 0.6) is 0 Å². The quantitative estimate of drug-likeness (QED) is 0.727. The molecular formula is C11H21NO2. The Morgan fingerprint density at radius 3 is 2.79 bits per heavy atom. The number of rotatable bonds is 2. The third-order valence-corrected chi connectivity index (χ3v) is 3.28. The van der Waals surface area contributed by atoms with E-state index in [1.807, 2.05) is 0 Å². The first-order valence-corrected chi connectivity index (χ1v) is 5.81. The van der Waals surface area contributed by atoms with Crippen LogP contribution in [0.3, 0.4) is 0 Å². The second-order valence-corrected chi connectivity index (χ2v) is 4.38. The van der Waals surface area contributed by atoms with Gasteiger partial charge in [-0.15, -0.1) is 0 Å². The van der Waals surface area contributed by atoms with Crippen molar-refractivity contribution in [3.05, 3.63) is 0 Å². The summed E-state index contributed by atoms with van der Waals surface area (Å²) in [5, 5.41) is 3.70. The minimum Gasteiger partial charge on any atom is -0.381 e. The first kappa shape index (κ1) is 10.4. The molecule has 3 atom stereocenters. The summed E-state index contributed by atoms with van der Waals surface area (Å²) in [6, 6.07) is 1.21. The lowest BCUT2D eigenvalue weighted by Gasteiger charge is -2.23. The summed E-state index contributed by atoms with van der Waals surface area (Å²) in [4.78, 5) is 0. The fourth-order valence-corrected chi connectivity index (χ4v) is 2.32. The number of ether oxygens (including phenoxy) is 2. The van der Waals surface area contributed by atoms with Crippen molar-refractivity contribution in [3.63, 3.8) is 0 Å². The second-order valence-electron chi connectivity index (χ2n) is 4.38. The maximum absolute atomic E-state index is 5.54. The van der Waals surface area contributed by atoms with Crippen molar-refractivity contribution in [2.24, 2.45) is 0 Å². The molecule has 3 heteroatoms. The summed E-state index contributed by atoms with van der Waals surface area (Å²) < 4.78 is 11.0. The van der Waals surface area contributed by atoms with Gasteiger partial charge in [0.25, 0.3) is 0 Å².